The molecule has 3 aromatic carbocycles. The molecule has 0 saturated carbocycles. The van der Waals surface area contributed by atoms with Gasteiger partial charge < -0.3 is 37.2 Å². The van der Waals surface area contributed by atoms with E-state index in [1.54, 1.807) is 0 Å². The van der Waals surface area contributed by atoms with Crippen molar-refractivity contribution >= 4 is 23.6 Å². The van der Waals surface area contributed by atoms with Crippen LogP contribution in [0.25, 0.3) is 0 Å². The molecule has 39 heavy (non-hydrogen) atoms. The first kappa shape index (κ1) is 37.9. The van der Waals surface area contributed by atoms with Crippen LogP contribution in [0.4, 0.5) is 0 Å². The Balaban J connectivity index is 0.00000361. The van der Waals surface area contributed by atoms with Crippen LogP contribution in [0.1, 0.15) is 95.8 Å². The molecule has 206 valence electrons. The zero-order chi connectivity index (χ0) is 25.2. The zero-order valence-corrected chi connectivity index (χ0v) is 29.1. The molecule has 5 heteroatoms. The van der Waals surface area contributed by atoms with E-state index in [0.717, 1.165) is 12.8 Å². The van der Waals surface area contributed by atoms with Gasteiger partial charge in [-0.25, -0.2) is 11.6 Å². The number of rotatable bonds is 8. The summed E-state index contributed by atoms with van der Waals surface area (Å²) in [6, 6.07) is 28.5. The van der Waals surface area contributed by atoms with E-state index in [4.69, 9.17) is 0 Å². The van der Waals surface area contributed by atoms with Crippen LogP contribution in [0.15, 0.2) is 89.6 Å². The van der Waals surface area contributed by atoms with E-state index in [0.29, 0.717) is 17.8 Å². The van der Waals surface area contributed by atoms with Gasteiger partial charge in [0, 0.05) is 0 Å². The maximum atomic E-state index is 3.96. The van der Waals surface area contributed by atoms with E-state index >= 15 is 0 Å². The topological polar surface area (TPSA) is 0 Å². The third kappa shape index (κ3) is 7.82. The number of benzene rings is 3. The number of hydrogen-bond donors (Lipinski definition) is 0. The minimum Gasteiger partial charge on any atom is -1.00 e. The Hall–Kier alpha value is -1.06. The van der Waals surface area contributed by atoms with Crippen molar-refractivity contribution in [3.63, 3.8) is 0 Å². The normalized spacial score (nSPS) is 12.7. The van der Waals surface area contributed by atoms with Crippen molar-refractivity contribution in [2.75, 3.05) is 0 Å². The van der Waals surface area contributed by atoms with Gasteiger partial charge in [-0.3, -0.25) is 6.08 Å². The van der Waals surface area contributed by atoms with E-state index in [1.807, 2.05) is 0 Å². The summed E-state index contributed by atoms with van der Waals surface area (Å²) in [4.78, 5) is 0. The minimum atomic E-state index is -2.53. The molecule has 0 saturated heterocycles. The van der Waals surface area contributed by atoms with E-state index < -0.39 is 8.07 Å². The van der Waals surface area contributed by atoms with Crippen molar-refractivity contribution < 1.29 is 58.9 Å². The van der Waals surface area contributed by atoms with Crippen molar-refractivity contribution in [3.8, 4) is 0 Å². The molecule has 4 rings (SSSR count). The molecule has 0 amide bonds. The molecule has 3 aromatic rings. The SMILES string of the molecule is CCC1=CCC([Si](c2cccc(C(C)C)c2)(c2cccc(C(C)C)c2)c2cccc(C(C)C)c2)=[C-]1.[Cl-].[Cl-].[Cl-].[Ti+4]. The molecule has 0 aromatic heterocycles. The molecule has 1 aliphatic rings. The van der Waals surface area contributed by atoms with Gasteiger partial charge in [0.05, 0.1) is 0 Å². The average molecular weight is 632 g/mol. The number of halogens is 3. The monoisotopic (exact) mass is 630 g/mol. The van der Waals surface area contributed by atoms with Gasteiger partial charge in [0.2, 0.25) is 0 Å². The molecule has 0 aliphatic heterocycles. The fourth-order valence-electron chi connectivity index (χ4n) is 5.42. The fraction of sp³-hybridized carbons (Fsp3) is 0.353. The molecule has 0 nitrogen and oxygen atoms in total. The largest absolute Gasteiger partial charge is 4.00 e. The summed E-state index contributed by atoms with van der Waals surface area (Å²) >= 11 is 0. The van der Waals surface area contributed by atoms with Crippen molar-refractivity contribution in [1.29, 1.82) is 0 Å². The van der Waals surface area contributed by atoms with E-state index in [2.05, 4.69) is 133 Å². The minimum absolute atomic E-state index is 0. The van der Waals surface area contributed by atoms with Crippen LogP contribution in [0.3, 0.4) is 0 Å². The zero-order valence-electron chi connectivity index (χ0n) is 24.3. The summed E-state index contributed by atoms with van der Waals surface area (Å²) in [5.41, 5.74) is 5.61. The first-order valence-corrected chi connectivity index (χ1v) is 15.4. The first-order valence-electron chi connectivity index (χ1n) is 13.4. The molecule has 0 radical (unpaired) electrons. The summed E-state index contributed by atoms with van der Waals surface area (Å²) in [7, 11) is -2.53. The fourth-order valence-corrected chi connectivity index (χ4v) is 10.4. The van der Waals surface area contributed by atoms with E-state index in [-0.39, 0.29) is 58.9 Å². The summed E-state index contributed by atoms with van der Waals surface area (Å²) < 4.78 is 0. The molecule has 0 N–H and O–H groups in total. The van der Waals surface area contributed by atoms with Crippen LogP contribution in [0, 0.1) is 6.08 Å². The van der Waals surface area contributed by atoms with E-state index in [1.165, 1.54) is 43.0 Å². The van der Waals surface area contributed by atoms with Gasteiger partial charge in [0.1, 0.15) is 0 Å². The third-order valence-corrected chi connectivity index (χ3v) is 12.4. The third-order valence-electron chi connectivity index (χ3n) is 7.66. The second kappa shape index (κ2) is 16.4. The Morgan fingerprint density at radius 2 is 1.00 bits per heavy atom. The van der Waals surface area contributed by atoms with Gasteiger partial charge in [0.25, 0.3) is 0 Å². The van der Waals surface area contributed by atoms with Gasteiger partial charge in [-0.05, 0) is 50.0 Å². The first-order chi connectivity index (χ1) is 16.8. The summed E-state index contributed by atoms with van der Waals surface area (Å²) in [6.45, 7) is 16.1. The van der Waals surface area contributed by atoms with Crippen molar-refractivity contribution in [3.05, 3.63) is 112 Å². The van der Waals surface area contributed by atoms with Crippen LogP contribution in [-0.4, -0.2) is 8.07 Å². The van der Waals surface area contributed by atoms with Crippen LogP contribution < -0.4 is 52.8 Å². The van der Waals surface area contributed by atoms with Gasteiger partial charge in [-0.1, -0.05) is 134 Å². The predicted molar refractivity (Wildman–Crippen MR) is 156 cm³/mol. The Morgan fingerprint density at radius 1 is 0.641 bits per heavy atom. The van der Waals surface area contributed by atoms with Crippen LogP contribution in [0.2, 0.25) is 0 Å². The molecule has 0 unspecified atom stereocenters. The van der Waals surface area contributed by atoms with E-state index in [9.17, 15) is 0 Å². The van der Waals surface area contributed by atoms with Crippen LogP contribution in [0.5, 0.6) is 0 Å². The van der Waals surface area contributed by atoms with Gasteiger partial charge in [-0.2, -0.15) is 5.20 Å². The average Bonchev–Trinajstić information content (AvgIpc) is 3.34. The second-order valence-electron chi connectivity index (χ2n) is 11.0. The number of allylic oxidation sites excluding steroid dienone is 4. The molecule has 0 heterocycles. The standard InChI is InChI=1S/C34H41Si.3ClH.Ti/c1-8-27-18-19-34(20-27)35(31-15-9-12-28(21-31)24(2)3,32-16-10-13-29(22-32)25(4)5)33-17-11-14-30(23-33)26(6)7;;;;/h9-18,21-26H,8,19H2,1-7H3;3*1H;/q-1;;;;+4/p-3. The summed E-state index contributed by atoms with van der Waals surface area (Å²) in [5.74, 6) is 1.49. The molecule has 0 atom stereocenters. The van der Waals surface area contributed by atoms with Crippen molar-refractivity contribution in [2.45, 2.75) is 79.1 Å². The Labute approximate surface area is 272 Å². The number of hydrogen-bond acceptors (Lipinski definition) is 0. The molecule has 0 fully saturated rings. The predicted octanol–water partition coefficient (Wildman–Crippen LogP) is -1.45. The maximum absolute atomic E-state index is 3.96. The molecule has 1 aliphatic carbocycles. The van der Waals surface area contributed by atoms with Crippen LogP contribution >= 0.6 is 0 Å². The van der Waals surface area contributed by atoms with Crippen molar-refractivity contribution in [1.82, 2.24) is 0 Å². The van der Waals surface area contributed by atoms with Gasteiger partial charge in [-0.15, -0.1) is 0 Å². The molecular weight excluding hydrogens is 591 g/mol. The van der Waals surface area contributed by atoms with Crippen molar-refractivity contribution in [2.24, 2.45) is 0 Å². The van der Waals surface area contributed by atoms with Gasteiger partial charge in [0.15, 0.2) is 8.07 Å². The summed E-state index contributed by atoms with van der Waals surface area (Å²) in [5, 5.41) is 5.95. The molecular formula is C34H41Cl3SiTi. The molecule has 0 bridgehead atoms. The van der Waals surface area contributed by atoms with Crippen LogP contribution in [-0.2, 0) is 21.7 Å². The summed E-state index contributed by atoms with van der Waals surface area (Å²) in [6.07, 6.45) is 8.42. The Morgan fingerprint density at radius 3 is 1.28 bits per heavy atom. The quantitative estimate of drug-likeness (QED) is 0.162. The van der Waals surface area contributed by atoms with Gasteiger partial charge >= 0.3 is 21.7 Å². The smallest absolute Gasteiger partial charge is 1.00 e. The maximum Gasteiger partial charge on any atom is 4.00 e. The Kier molecular flexibility index (Phi) is 16.0. The molecule has 0 spiro atoms. The Bertz CT molecular complexity index is 1140. The second-order valence-corrected chi connectivity index (χ2v) is 14.8.